The second-order valence-electron chi connectivity index (χ2n) is 9.42. The molecule has 1 atom stereocenters. The molecule has 1 N–H and O–H groups in total. The van der Waals surface area contributed by atoms with E-state index < -0.39 is 18.1 Å². The van der Waals surface area contributed by atoms with Gasteiger partial charge in [-0.3, -0.25) is 9.78 Å². The van der Waals surface area contributed by atoms with Crippen molar-refractivity contribution in [2.45, 2.75) is 50.2 Å². The topological polar surface area (TPSA) is 85.6 Å². The number of halogens is 3. The number of carbonyl (C=O) groups is 1. The van der Waals surface area contributed by atoms with Crippen LogP contribution in [0.2, 0.25) is 0 Å². The van der Waals surface area contributed by atoms with Crippen LogP contribution < -0.4 is 5.32 Å². The Kier molecular flexibility index (Phi) is 5.73. The molecule has 0 radical (unpaired) electrons. The van der Waals surface area contributed by atoms with E-state index in [1.807, 2.05) is 18.2 Å². The minimum Gasteiger partial charge on any atom is -0.337 e. The van der Waals surface area contributed by atoms with Crippen molar-refractivity contribution in [2.24, 2.45) is 0 Å². The van der Waals surface area contributed by atoms with Crippen molar-refractivity contribution in [3.8, 4) is 17.2 Å². The Hall–Kier alpha value is -4.08. The SMILES string of the molecule is O=C(NC(c1cccnc1)C(F)(F)F)c1cnn(-c2ncc3c(n2)-c2ccccc2CCC3)c1C1CC1. The largest absolute Gasteiger partial charge is 0.412 e. The van der Waals surface area contributed by atoms with Gasteiger partial charge in [-0.25, -0.2) is 14.6 Å². The van der Waals surface area contributed by atoms with Gasteiger partial charge in [0, 0.05) is 35.6 Å². The standard InChI is InChI=1S/C27H23F3N6O/c28-27(29,30)24(19-8-4-12-31-13-19)35-25(37)21-15-33-36(23(21)17-10-11-17)26-32-14-18-7-3-6-16-5-1-2-9-20(16)22(18)34-26/h1-2,4-5,8-9,12-15,17,24H,3,6-7,10-11H2,(H,35,37). The Morgan fingerprint density at radius 3 is 2.59 bits per heavy atom. The fraction of sp³-hybridized carbons (Fsp3) is 0.296. The van der Waals surface area contributed by atoms with Crippen LogP contribution in [0.25, 0.3) is 17.2 Å². The lowest BCUT2D eigenvalue weighted by Gasteiger charge is -2.21. The molecule has 1 amide bonds. The molecule has 1 unspecified atom stereocenters. The predicted molar refractivity (Wildman–Crippen MR) is 129 cm³/mol. The Morgan fingerprint density at radius 1 is 1.03 bits per heavy atom. The average molecular weight is 505 g/mol. The van der Waals surface area contributed by atoms with E-state index >= 15 is 0 Å². The van der Waals surface area contributed by atoms with Crippen LogP contribution in [-0.2, 0) is 12.8 Å². The molecule has 37 heavy (non-hydrogen) atoms. The number of aromatic nitrogens is 5. The third-order valence-electron chi connectivity index (χ3n) is 6.84. The van der Waals surface area contributed by atoms with Gasteiger partial charge in [0.25, 0.3) is 11.9 Å². The smallest absolute Gasteiger partial charge is 0.337 e. The summed E-state index contributed by atoms with van der Waals surface area (Å²) in [5.41, 5.74) is 4.61. The number of pyridine rings is 1. The van der Waals surface area contributed by atoms with Gasteiger partial charge in [-0.1, -0.05) is 30.3 Å². The van der Waals surface area contributed by atoms with Crippen LogP contribution in [0.3, 0.4) is 0 Å². The number of rotatable bonds is 5. The number of hydrogen-bond donors (Lipinski definition) is 1. The number of aryl methyl sites for hydroxylation is 2. The lowest BCUT2D eigenvalue weighted by atomic mass is 10.0. The van der Waals surface area contributed by atoms with Gasteiger partial charge in [-0.15, -0.1) is 0 Å². The van der Waals surface area contributed by atoms with Crippen LogP contribution in [0.5, 0.6) is 0 Å². The summed E-state index contributed by atoms with van der Waals surface area (Å²) < 4.78 is 43.1. The normalized spacial score (nSPS) is 15.9. The average Bonchev–Trinajstić information content (AvgIpc) is 3.67. The second kappa shape index (κ2) is 9.10. The number of alkyl halides is 3. The zero-order chi connectivity index (χ0) is 25.6. The number of nitrogens with one attached hydrogen (secondary N) is 1. The van der Waals surface area contributed by atoms with Gasteiger partial charge >= 0.3 is 6.18 Å². The molecule has 10 heteroatoms. The molecule has 0 bridgehead atoms. The summed E-state index contributed by atoms with van der Waals surface area (Å²) in [6.07, 6.45) is 5.29. The highest BCUT2D eigenvalue weighted by atomic mass is 19.4. The Labute approximate surface area is 210 Å². The van der Waals surface area contributed by atoms with Gasteiger partial charge < -0.3 is 5.32 Å². The fourth-order valence-corrected chi connectivity index (χ4v) is 4.91. The summed E-state index contributed by atoms with van der Waals surface area (Å²) in [7, 11) is 0. The Bertz CT molecular complexity index is 1460. The van der Waals surface area contributed by atoms with E-state index in [-0.39, 0.29) is 17.0 Å². The first kappa shape index (κ1) is 23.3. The third-order valence-corrected chi connectivity index (χ3v) is 6.84. The molecule has 3 aromatic heterocycles. The maximum atomic E-state index is 13.9. The van der Waals surface area contributed by atoms with Crippen molar-refractivity contribution in [3.05, 3.63) is 89.1 Å². The van der Waals surface area contributed by atoms with E-state index in [1.165, 1.54) is 34.8 Å². The van der Waals surface area contributed by atoms with Crippen molar-refractivity contribution in [3.63, 3.8) is 0 Å². The van der Waals surface area contributed by atoms with Crippen LogP contribution in [0.1, 0.15) is 64.0 Å². The zero-order valence-corrected chi connectivity index (χ0v) is 19.7. The van der Waals surface area contributed by atoms with Crippen LogP contribution in [0.4, 0.5) is 13.2 Å². The summed E-state index contributed by atoms with van der Waals surface area (Å²) in [6.45, 7) is 0. The summed E-state index contributed by atoms with van der Waals surface area (Å²) in [5.74, 6) is -0.545. The molecule has 4 aromatic rings. The van der Waals surface area contributed by atoms with Crippen molar-refractivity contribution >= 4 is 5.91 Å². The van der Waals surface area contributed by atoms with E-state index in [1.54, 1.807) is 6.20 Å². The van der Waals surface area contributed by atoms with E-state index in [0.717, 1.165) is 55.1 Å². The molecular weight excluding hydrogens is 481 g/mol. The van der Waals surface area contributed by atoms with E-state index in [0.29, 0.717) is 11.6 Å². The highest BCUT2D eigenvalue weighted by molar-refractivity contribution is 5.96. The number of benzene rings is 1. The number of carbonyl (C=O) groups excluding carboxylic acids is 1. The molecule has 2 aliphatic rings. The van der Waals surface area contributed by atoms with Gasteiger partial charge in [-0.2, -0.15) is 18.3 Å². The van der Waals surface area contributed by atoms with Gasteiger partial charge in [0.05, 0.1) is 23.1 Å². The first-order chi connectivity index (χ1) is 17.9. The van der Waals surface area contributed by atoms with E-state index in [2.05, 4.69) is 26.4 Å². The van der Waals surface area contributed by atoms with Crippen molar-refractivity contribution < 1.29 is 18.0 Å². The highest BCUT2D eigenvalue weighted by Gasteiger charge is 2.43. The molecule has 1 saturated carbocycles. The first-order valence-corrected chi connectivity index (χ1v) is 12.2. The molecule has 0 spiro atoms. The maximum Gasteiger partial charge on any atom is 0.412 e. The summed E-state index contributed by atoms with van der Waals surface area (Å²) in [6, 6.07) is 8.62. The Morgan fingerprint density at radius 2 is 1.84 bits per heavy atom. The molecule has 3 heterocycles. The predicted octanol–water partition coefficient (Wildman–Crippen LogP) is 5.12. The summed E-state index contributed by atoms with van der Waals surface area (Å²) in [5, 5.41) is 6.53. The van der Waals surface area contributed by atoms with Crippen LogP contribution in [0, 0.1) is 0 Å². The van der Waals surface area contributed by atoms with Gasteiger partial charge in [0.15, 0.2) is 6.04 Å². The highest BCUT2D eigenvalue weighted by Crippen LogP contribution is 2.43. The molecule has 1 fully saturated rings. The lowest BCUT2D eigenvalue weighted by Crippen LogP contribution is -2.38. The molecule has 0 saturated heterocycles. The fourth-order valence-electron chi connectivity index (χ4n) is 4.91. The lowest BCUT2D eigenvalue weighted by molar-refractivity contribution is -0.155. The van der Waals surface area contributed by atoms with Gasteiger partial charge in [0.1, 0.15) is 0 Å². The number of fused-ring (bicyclic) bond motifs is 3. The monoisotopic (exact) mass is 504 g/mol. The molecule has 7 nitrogen and oxygen atoms in total. The molecule has 2 aliphatic carbocycles. The Balaban J connectivity index is 1.38. The second-order valence-corrected chi connectivity index (χ2v) is 9.42. The zero-order valence-electron chi connectivity index (χ0n) is 19.7. The van der Waals surface area contributed by atoms with E-state index in [9.17, 15) is 18.0 Å². The minimum absolute atomic E-state index is 0.000625. The van der Waals surface area contributed by atoms with Crippen LogP contribution in [-0.4, -0.2) is 36.8 Å². The molecule has 1 aromatic carbocycles. The number of amides is 1. The van der Waals surface area contributed by atoms with Crippen molar-refractivity contribution in [1.82, 2.24) is 30.0 Å². The van der Waals surface area contributed by atoms with Gasteiger partial charge in [-0.05, 0) is 49.3 Å². The maximum absolute atomic E-state index is 13.9. The number of hydrogen-bond acceptors (Lipinski definition) is 5. The van der Waals surface area contributed by atoms with Gasteiger partial charge in [0.2, 0.25) is 0 Å². The first-order valence-electron chi connectivity index (χ1n) is 12.2. The van der Waals surface area contributed by atoms with Crippen LogP contribution >= 0.6 is 0 Å². The summed E-state index contributed by atoms with van der Waals surface area (Å²) >= 11 is 0. The molecule has 6 rings (SSSR count). The molecule has 188 valence electrons. The van der Waals surface area contributed by atoms with E-state index in [4.69, 9.17) is 4.98 Å². The van der Waals surface area contributed by atoms with Crippen molar-refractivity contribution in [1.29, 1.82) is 0 Å². The summed E-state index contributed by atoms with van der Waals surface area (Å²) in [4.78, 5) is 26.3. The third kappa shape index (κ3) is 4.47. The molecular formula is C27H23F3N6O. The quantitative estimate of drug-likeness (QED) is 0.408. The number of nitrogens with zero attached hydrogens (tertiary/aromatic N) is 5. The molecule has 0 aliphatic heterocycles. The van der Waals surface area contributed by atoms with Crippen LogP contribution in [0.15, 0.2) is 61.2 Å². The van der Waals surface area contributed by atoms with Crippen molar-refractivity contribution in [2.75, 3.05) is 0 Å². The minimum atomic E-state index is -4.69.